The molecule has 0 aliphatic rings. The van der Waals surface area contributed by atoms with Crippen LogP contribution in [0.3, 0.4) is 0 Å². The molecule has 0 saturated heterocycles. The van der Waals surface area contributed by atoms with Gasteiger partial charge in [0.25, 0.3) is 0 Å². The molecule has 8 heteroatoms. The Morgan fingerprint density at radius 3 is 2.03 bits per heavy atom. The van der Waals surface area contributed by atoms with Crippen LogP contribution < -0.4 is 0 Å². The highest BCUT2D eigenvalue weighted by Crippen LogP contribution is 2.59. The van der Waals surface area contributed by atoms with Crippen molar-refractivity contribution in [2.45, 2.75) is 109 Å². The molecule has 0 saturated carbocycles. The topological polar surface area (TPSA) is 82.1 Å². The number of hydrogen-bond donors (Lipinski definition) is 1. The Kier molecular flexibility index (Phi) is 17.0. The maximum Gasteiger partial charge on any atom is 0.346 e. The van der Waals surface area contributed by atoms with Crippen LogP contribution in [0.15, 0.2) is 30.3 Å². The number of carbonyl (C=O) groups is 1. The van der Waals surface area contributed by atoms with Crippen molar-refractivity contribution in [2.24, 2.45) is 5.92 Å². The highest BCUT2D eigenvalue weighted by Gasteiger charge is 2.49. The first-order valence-electron chi connectivity index (χ1n) is 13.7. The number of esters is 1. The molecule has 1 rings (SSSR count). The fourth-order valence-corrected chi connectivity index (χ4v) is 8.67. The summed E-state index contributed by atoms with van der Waals surface area (Å²) in [6.45, 7) is 11.9. The Hall–Kier alpha value is -0.850. The third-order valence-electron chi connectivity index (χ3n) is 6.09. The maximum atomic E-state index is 13.9. The van der Waals surface area contributed by atoms with E-state index in [2.05, 4.69) is 6.92 Å². The van der Waals surface area contributed by atoms with Crippen LogP contribution in [0.4, 0.5) is 0 Å². The van der Waals surface area contributed by atoms with E-state index in [1.165, 1.54) is 37.4 Å². The second-order valence-corrected chi connectivity index (χ2v) is 12.8. The molecule has 0 amide bonds. The highest BCUT2D eigenvalue weighted by atomic mass is 32.2. The van der Waals surface area contributed by atoms with E-state index >= 15 is 0 Å². The predicted molar refractivity (Wildman–Crippen MR) is 151 cm³/mol. The summed E-state index contributed by atoms with van der Waals surface area (Å²) in [5.41, 5.74) is -0.105. The van der Waals surface area contributed by atoms with Crippen molar-refractivity contribution in [1.29, 1.82) is 0 Å². The second-order valence-electron chi connectivity index (χ2n) is 9.37. The largest absolute Gasteiger partial charge is 0.465 e. The first kappa shape index (κ1) is 33.2. The standard InChI is InChI=1S/C28H49O6PS/c1-7-11-12-13-14-18-21-24(29)27(23-19-16-15-17-20-23)36-26(22(5)6)25(28(30)32-8-2)35(31,33-9-3)34-10-4/h15-17,19-20,22,24-27,29H,7-14,18,21H2,1-6H3. The zero-order valence-corrected chi connectivity index (χ0v) is 24.9. The highest BCUT2D eigenvalue weighted by molar-refractivity contribution is 8.00. The van der Waals surface area contributed by atoms with Crippen LogP contribution in [-0.4, -0.2) is 47.9 Å². The summed E-state index contributed by atoms with van der Waals surface area (Å²) in [6, 6.07) is 9.87. The number of benzene rings is 1. The van der Waals surface area contributed by atoms with Gasteiger partial charge >= 0.3 is 13.6 Å². The van der Waals surface area contributed by atoms with Crippen LogP contribution in [0.25, 0.3) is 0 Å². The van der Waals surface area contributed by atoms with Crippen molar-refractivity contribution in [3.8, 4) is 0 Å². The number of carbonyl (C=O) groups excluding carboxylic acids is 1. The SMILES string of the molecule is CCCCCCCCC(O)C(SC(C(C)C)C(C(=O)OCC)P(=O)(OCC)OCC)c1ccccc1. The van der Waals surface area contributed by atoms with Gasteiger partial charge in [0.1, 0.15) is 0 Å². The van der Waals surface area contributed by atoms with Crippen LogP contribution in [-0.2, 0) is 23.1 Å². The molecule has 4 atom stereocenters. The van der Waals surface area contributed by atoms with Crippen LogP contribution in [0, 0.1) is 5.92 Å². The second kappa shape index (κ2) is 18.4. The average molecular weight is 545 g/mol. The van der Waals surface area contributed by atoms with E-state index in [-0.39, 0.29) is 31.0 Å². The lowest BCUT2D eigenvalue weighted by Crippen LogP contribution is -2.39. The maximum absolute atomic E-state index is 13.9. The van der Waals surface area contributed by atoms with Gasteiger partial charge in [0.05, 0.1) is 31.2 Å². The molecule has 4 unspecified atom stereocenters. The lowest BCUT2D eigenvalue weighted by Gasteiger charge is -2.36. The smallest absolute Gasteiger partial charge is 0.346 e. The van der Waals surface area contributed by atoms with Gasteiger partial charge in [-0.25, -0.2) is 0 Å². The number of hydrogen-bond acceptors (Lipinski definition) is 7. The lowest BCUT2D eigenvalue weighted by molar-refractivity contribution is -0.143. The van der Waals surface area contributed by atoms with E-state index < -0.39 is 30.6 Å². The van der Waals surface area contributed by atoms with E-state index in [4.69, 9.17) is 13.8 Å². The Labute approximate surface area is 223 Å². The molecule has 0 spiro atoms. The van der Waals surface area contributed by atoms with Gasteiger partial charge in [0, 0.05) is 5.25 Å². The molecule has 0 heterocycles. The van der Waals surface area contributed by atoms with Gasteiger partial charge in [-0.1, -0.05) is 89.6 Å². The van der Waals surface area contributed by atoms with Crippen molar-refractivity contribution in [3.05, 3.63) is 35.9 Å². The van der Waals surface area contributed by atoms with Crippen LogP contribution in [0.5, 0.6) is 0 Å². The minimum atomic E-state index is -3.82. The minimum absolute atomic E-state index is 0.0499. The molecule has 208 valence electrons. The number of rotatable bonds is 20. The van der Waals surface area contributed by atoms with Crippen LogP contribution in [0.2, 0.25) is 0 Å². The first-order chi connectivity index (χ1) is 17.2. The Morgan fingerprint density at radius 2 is 1.50 bits per heavy atom. The summed E-state index contributed by atoms with van der Waals surface area (Å²) in [4.78, 5) is 13.2. The summed E-state index contributed by atoms with van der Waals surface area (Å²) < 4.78 is 30.6. The van der Waals surface area contributed by atoms with Gasteiger partial charge in [-0.15, -0.1) is 11.8 Å². The fourth-order valence-electron chi connectivity index (χ4n) is 4.31. The van der Waals surface area contributed by atoms with E-state index in [1.807, 2.05) is 44.2 Å². The zero-order chi connectivity index (χ0) is 27.0. The molecule has 1 aromatic carbocycles. The molecule has 0 aromatic heterocycles. The van der Waals surface area contributed by atoms with Gasteiger partial charge < -0.3 is 18.9 Å². The Balaban J connectivity index is 3.29. The third-order valence-corrected chi connectivity index (χ3v) is 10.8. The minimum Gasteiger partial charge on any atom is -0.465 e. The summed E-state index contributed by atoms with van der Waals surface area (Å²) in [7, 11) is -3.82. The molecular weight excluding hydrogens is 495 g/mol. The van der Waals surface area contributed by atoms with Crippen molar-refractivity contribution in [3.63, 3.8) is 0 Å². The quantitative estimate of drug-likeness (QED) is 0.102. The van der Waals surface area contributed by atoms with E-state index in [0.29, 0.717) is 6.42 Å². The van der Waals surface area contributed by atoms with Gasteiger partial charge in [0.2, 0.25) is 0 Å². The fraction of sp³-hybridized carbons (Fsp3) is 0.750. The van der Waals surface area contributed by atoms with E-state index in [9.17, 15) is 14.5 Å². The van der Waals surface area contributed by atoms with Gasteiger partial charge in [-0.2, -0.15) is 0 Å². The predicted octanol–water partition coefficient (Wildman–Crippen LogP) is 7.79. The number of unbranched alkanes of at least 4 members (excludes halogenated alkanes) is 5. The van der Waals surface area contributed by atoms with E-state index in [0.717, 1.165) is 18.4 Å². The molecule has 0 aliphatic heterocycles. The summed E-state index contributed by atoms with van der Waals surface area (Å²) in [5, 5.41) is 10.6. The van der Waals surface area contributed by atoms with Crippen LogP contribution >= 0.6 is 19.4 Å². The molecule has 36 heavy (non-hydrogen) atoms. The summed E-state index contributed by atoms with van der Waals surface area (Å²) in [5.74, 6) is -0.628. The number of aliphatic hydroxyl groups excluding tert-OH is 1. The normalized spacial score (nSPS) is 15.4. The monoisotopic (exact) mass is 544 g/mol. The number of ether oxygens (including phenoxy) is 1. The average Bonchev–Trinajstić information content (AvgIpc) is 2.84. The summed E-state index contributed by atoms with van der Waals surface area (Å²) >= 11 is 1.49. The van der Waals surface area contributed by atoms with Gasteiger partial charge in [0.15, 0.2) is 5.66 Å². The number of aliphatic hydroxyl groups is 1. The van der Waals surface area contributed by atoms with Crippen LogP contribution in [0.1, 0.15) is 97.3 Å². The zero-order valence-electron chi connectivity index (χ0n) is 23.2. The molecule has 0 bridgehead atoms. The van der Waals surface area contributed by atoms with Gasteiger partial charge in [-0.3, -0.25) is 9.36 Å². The Bertz CT molecular complexity index is 750. The van der Waals surface area contributed by atoms with Gasteiger partial charge in [-0.05, 0) is 38.7 Å². The van der Waals surface area contributed by atoms with E-state index in [1.54, 1.807) is 20.8 Å². The number of thioether (sulfide) groups is 1. The molecule has 0 fully saturated rings. The lowest BCUT2D eigenvalue weighted by atomic mass is 10.0. The molecule has 1 aromatic rings. The van der Waals surface area contributed by atoms with Crippen molar-refractivity contribution >= 4 is 25.3 Å². The molecule has 0 aliphatic carbocycles. The van der Waals surface area contributed by atoms with Crippen molar-refractivity contribution in [1.82, 2.24) is 0 Å². The summed E-state index contributed by atoms with van der Waals surface area (Å²) in [6.07, 6.45) is 6.95. The molecular formula is C28H49O6PS. The van der Waals surface area contributed by atoms with Crippen molar-refractivity contribution < 1.29 is 28.3 Å². The molecule has 6 nitrogen and oxygen atoms in total. The molecule has 1 N–H and O–H groups in total. The Morgan fingerprint density at radius 1 is 0.917 bits per heavy atom. The third kappa shape index (κ3) is 10.9. The first-order valence-corrected chi connectivity index (χ1v) is 16.2. The van der Waals surface area contributed by atoms with Crippen molar-refractivity contribution in [2.75, 3.05) is 19.8 Å². The molecule has 0 radical (unpaired) electrons.